The van der Waals surface area contributed by atoms with Gasteiger partial charge < -0.3 is 9.05 Å². The van der Waals surface area contributed by atoms with Crippen molar-refractivity contribution in [3.63, 3.8) is 0 Å². The van der Waals surface area contributed by atoms with Gasteiger partial charge in [-0.05, 0) is 31.6 Å². The molecule has 2 aromatic heterocycles. The highest BCUT2D eigenvalue weighted by Gasteiger charge is 2.67. The second-order valence-corrected chi connectivity index (χ2v) is 10.9. The molecular weight excluding hydrogens is 381 g/mol. The Balaban J connectivity index is 1.49. The molecule has 2 saturated carbocycles. The number of hydrogen-bond donors (Lipinski definition) is 0. The van der Waals surface area contributed by atoms with Crippen molar-refractivity contribution in [2.24, 2.45) is 5.92 Å². The molecule has 0 aromatic carbocycles. The normalized spacial score (nSPS) is 26.6. The van der Waals surface area contributed by atoms with E-state index < -0.39 is 17.0 Å². The largest absolute Gasteiger partial charge is 0.401 e. The molecule has 0 saturated heterocycles. The second kappa shape index (κ2) is 5.88. The number of rotatable bonds is 5. The van der Waals surface area contributed by atoms with Gasteiger partial charge in [-0.15, -0.1) is 0 Å². The molecule has 2 heterocycles. The molecule has 0 aliphatic heterocycles. The molecule has 2 aliphatic rings. The molecule has 7 heteroatoms. The molecule has 4 nitrogen and oxygen atoms in total. The van der Waals surface area contributed by atoms with Crippen LogP contribution in [0.3, 0.4) is 0 Å². The van der Waals surface area contributed by atoms with Gasteiger partial charge in [0.15, 0.2) is 5.76 Å². The van der Waals surface area contributed by atoms with Gasteiger partial charge in [0.25, 0.3) is 0 Å². The van der Waals surface area contributed by atoms with Crippen molar-refractivity contribution in [1.82, 2.24) is 10.3 Å². The van der Waals surface area contributed by atoms with Crippen molar-refractivity contribution in [3.8, 4) is 0 Å². The molecule has 0 amide bonds. The van der Waals surface area contributed by atoms with E-state index in [1.165, 1.54) is 6.07 Å². The topological polar surface area (TPSA) is 52.1 Å². The van der Waals surface area contributed by atoms with Crippen LogP contribution in [0.15, 0.2) is 21.2 Å². The van der Waals surface area contributed by atoms with E-state index in [0.29, 0.717) is 11.6 Å². The van der Waals surface area contributed by atoms with Crippen molar-refractivity contribution in [2.45, 2.75) is 95.1 Å². The molecule has 160 valence electrons. The Kier molecular flexibility index (Phi) is 4.16. The lowest BCUT2D eigenvalue weighted by Crippen LogP contribution is -2.28. The van der Waals surface area contributed by atoms with Gasteiger partial charge in [-0.1, -0.05) is 51.9 Å². The van der Waals surface area contributed by atoms with Crippen LogP contribution in [0.4, 0.5) is 13.2 Å². The number of alkyl halides is 3. The van der Waals surface area contributed by atoms with Crippen LogP contribution in [0.5, 0.6) is 0 Å². The molecule has 2 fully saturated rings. The smallest absolute Gasteiger partial charge is 0.361 e. The Hall–Kier alpha value is -1.79. The van der Waals surface area contributed by atoms with Crippen LogP contribution in [-0.2, 0) is 21.7 Å². The molecule has 29 heavy (non-hydrogen) atoms. The van der Waals surface area contributed by atoms with E-state index in [2.05, 4.69) is 38.0 Å². The molecular formula is C22H29F3N2O2. The van der Waals surface area contributed by atoms with Crippen LogP contribution in [0.25, 0.3) is 0 Å². The monoisotopic (exact) mass is 410 g/mol. The van der Waals surface area contributed by atoms with Crippen molar-refractivity contribution in [3.05, 3.63) is 35.0 Å². The van der Waals surface area contributed by atoms with E-state index in [4.69, 9.17) is 9.05 Å². The lowest BCUT2D eigenvalue weighted by atomic mass is 9.81. The van der Waals surface area contributed by atoms with Crippen LogP contribution in [0, 0.1) is 5.92 Å². The van der Waals surface area contributed by atoms with Gasteiger partial charge in [-0.2, -0.15) is 13.2 Å². The van der Waals surface area contributed by atoms with E-state index >= 15 is 0 Å². The predicted octanol–water partition coefficient (Wildman–Crippen LogP) is 6.20. The third kappa shape index (κ3) is 3.30. The minimum absolute atomic E-state index is 0.0447. The summed E-state index contributed by atoms with van der Waals surface area (Å²) in [6.07, 6.45) is -2.38. The SMILES string of the molecule is CC(C)(C)c1cc(C2(C)CC2CC(C)(C)c2cc(C3(C(F)(F)F)CC3)on2)on1. The van der Waals surface area contributed by atoms with Crippen molar-refractivity contribution in [2.75, 3.05) is 0 Å². The van der Waals surface area contributed by atoms with Crippen LogP contribution in [0.2, 0.25) is 0 Å². The third-order valence-electron chi connectivity index (χ3n) is 6.98. The summed E-state index contributed by atoms with van der Waals surface area (Å²) in [6.45, 7) is 12.5. The maximum atomic E-state index is 13.4. The van der Waals surface area contributed by atoms with Crippen molar-refractivity contribution in [1.29, 1.82) is 0 Å². The molecule has 0 radical (unpaired) electrons. The summed E-state index contributed by atoms with van der Waals surface area (Å²) in [5.74, 6) is 1.20. The first kappa shape index (κ1) is 20.5. The molecule has 2 aliphatic carbocycles. The van der Waals surface area contributed by atoms with Crippen molar-refractivity contribution >= 4 is 0 Å². The fourth-order valence-corrected chi connectivity index (χ4v) is 4.28. The van der Waals surface area contributed by atoms with Gasteiger partial charge >= 0.3 is 6.18 Å². The summed E-state index contributed by atoms with van der Waals surface area (Å²) in [6, 6.07) is 3.56. The summed E-state index contributed by atoms with van der Waals surface area (Å²) in [5.41, 5.74) is -0.864. The number of hydrogen-bond acceptors (Lipinski definition) is 4. The molecule has 0 N–H and O–H groups in total. The van der Waals surface area contributed by atoms with Gasteiger partial charge in [0, 0.05) is 28.4 Å². The molecule has 0 spiro atoms. The van der Waals surface area contributed by atoms with Gasteiger partial charge in [0.1, 0.15) is 11.2 Å². The standard InChI is InChI=1S/C22H29F3N2O2/c1-18(2,3)14-9-16(28-26-14)20(6)12-13(20)11-19(4,5)15-10-17(29-27-15)21(7-8-21)22(23,24)25/h9-10,13H,7-8,11-12H2,1-6H3. The highest BCUT2D eigenvalue weighted by Crippen LogP contribution is 2.61. The predicted molar refractivity (Wildman–Crippen MR) is 102 cm³/mol. The lowest BCUT2D eigenvalue weighted by Gasteiger charge is -2.23. The quantitative estimate of drug-likeness (QED) is 0.589. The third-order valence-corrected chi connectivity index (χ3v) is 6.98. The Morgan fingerprint density at radius 2 is 1.52 bits per heavy atom. The summed E-state index contributed by atoms with van der Waals surface area (Å²) >= 11 is 0. The molecule has 2 aromatic rings. The van der Waals surface area contributed by atoms with E-state index in [1.807, 2.05) is 19.9 Å². The minimum Gasteiger partial charge on any atom is -0.361 e. The van der Waals surface area contributed by atoms with Crippen molar-refractivity contribution < 1.29 is 22.2 Å². The number of nitrogens with zero attached hydrogens (tertiary/aromatic N) is 2. The molecule has 4 rings (SSSR count). The molecule has 0 bridgehead atoms. The lowest BCUT2D eigenvalue weighted by molar-refractivity contribution is -0.165. The van der Waals surface area contributed by atoms with E-state index in [1.54, 1.807) is 0 Å². The van der Waals surface area contributed by atoms with Crippen LogP contribution < -0.4 is 0 Å². The first-order valence-corrected chi connectivity index (χ1v) is 10.2. The average molecular weight is 410 g/mol. The summed E-state index contributed by atoms with van der Waals surface area (Å²) in [4.78, 5) is 0. The Labute approximate surface area is 169 Å². The fourth-order valence-electron chi connectivity index (χ4n) is 4.28. The van der Waals surface area contributed by atoms with E-state index in [-0.39, 0.29) is 29.4 Å². The van der Waals surface area contributed by atoms with Crippen LogP contribution in [0.1, 0.15) is 90.1 Å². The Morgan fingerprint density at radius 1 is 0.966 bits per heavy atom. The highest BCUT2D eigenvalue weighted by atomic mass is 19.4. The van der Waals surface area contributed by atoms with E-state index in [9.17, 15) is 13.2 Å². The van der Waals surface area contributed by atoms with E-state index in [0.717, 1.165) is 24.3 Å². The fraction of sp³-hybridized carbons (Fsp3) is 0.727. The summed E-state index contributed by atoms with van der Waals surface area (Å²) in [5, 5.41) is 8.27. The van der Waals surface area contributed by atoms with Gasteiger partial charge in [0.05, 0.1) is 11.4 Å². The number of halogens is 3. The Bertz CT molecular complexity index is 915. The second-order valence-electron chi connectivity index (χ2n) is 10.9. The zero-order valence-corrected chi connectivity index (χ0v) is 17.9. The zero-order chi connectivity index (χ0) is 21.5. The Morgan fingerprint density at radius 3 is 2.03 bits per heavy atom. The highest BCUT2D eigenvalue weighted by molar-refractivity contribution is 5.31. The summed E-state index contributed by atoms with van der Waals surface area (Å²) in [7, 11) is 0. The zero-order valence-electron chi connectivity index (χ0n) is 17.9. The first-order valence-electron chi connectivity index (χ1n) is 10.2. The molecule has 2 atom stereocenters. The minimum atomic E-state index is -4.29. The van der Waals surface area contributed by atoms with Crippen LogP contribution in [-0.4, -0.2) is 16.5 Å². The van der Waals surface area contributed by atoms with Gasteiger partial charge in [-0.25, -0.2) is 0 Å². The molecule has 2 unspecified atom stereocenters. The van der Waals surface area contributed by atoms with Gasteiger partial charge in [-0.3, -0.25) is 0 Å². The maximum Gasteiger partial charge on any atom is 0.401 e. The van der Waals surface area contributed by atoms with Gasteiger partial charge in [0.2, 0.25) is 0 Å². The summed E-state index contributed by atoms with van der Waals surface area (Å²) < 4.78 is 51.0. The average Bonchev–Trinajstić information content (AvgIpc) is 3.33. The van der Waals surface area contributed by atoms with Crippen LogP contribution >= 0.6 is 0 Å². The maximum absolute atomic E-state index is 13.4. The number of aromatic nitrogens is 2. The first-order chi connectivity index (χ1) is 13.2.